The highest BCUT2D eigenvalue weighted by Gasteiger charge is 2.22. The maximum absolute atomic E-state index is 12.5. The minimum Gasteiger partial charge on any atom is -0.462 e. The summed E-state index contributed by atoms with van der Waals surface area (Å²) in [6.07, 6.45) is 1.75. The number of anilines is 1. The van der Waals surface area contributed by atoms with Crippen LogP contribution in [-0.2, 0) is 4.74 Å². The number of thiophene rings is 1. The van der Waals surface area contributed by atoms with Gasteiger partial charge in [0.05, 0.1) is 6.61 Å². The lowest BCUT2D eigenvalue weighted by atomic mass is 10.1. The Bertz CT molecular complexity index is 909. The number of carbonyl (C=O) groups excluding carboxylic acids is 2. The Morgan fingerprint density at radius 1 is 1.20 bits per heavy atom. The Balaban J connectivity index is 1.92. The Kier molecular flexibility index (Phi) is 5.19. The summed E-state index contributed by atoms with van der Waals surface area (Å²) in [5.74, 6) is 0.0556. The monoisotopic (exact) mass is 357 g/mol. The van der Waals surface area contributed by atoms with E-state index in [0.717, 1.165) is 22.9 Å². The van der Waals surface area contributed by atoms with Crippen molar-refractivity contribution in [3.63, 3.8) is 0 Å². The molecule has 0 unspecified atom stereocenters. The minimum atomic E-state index is -0.420. The molecule has 1 aromatic carbocycles. The number of amides is 1. The highest BCUT2D eigenvalue weighted by atomic mass is 32.1. The maximum atomic E-state index is 12.5. The van der Waals surface area contributed by atoms with Gasteiger partial charge in [-0.05, 0) is 31.5 Å². The first-order chi connectivity index (χ1) is 12.1. The van der Waals surface area contributed by atoms with Crippen LogP contribution in [0, 0.1) is 6.92 Å². The number of benzene rings is 1. The molecule has 2 aromatic heterocycles. The van der Waals surface area contributed by atoms with Crippen molar-refractivity contribution in [1.29, 1.82) is 0 Å². The molecule has 3 rings (SSSR count). The average Bonchev–Trinajstić information content (AvgIpc) is 3.18. The van der Waals surface area contributed by atoms with Crippen molar-refractivity contribution in [1.82, 2.24) is 0 Å². The van der Waals surface area contributed by atoms with Gasteiger partial charge in [0, 0.05) is 10.1 Å². The van der Waals surface area contributed by atoms with Crippen LogP contribution in [0.25, 0.3) is 10.1 Å². The van der Waals surface area contributed by atoms with E-state index in [9.17, 15) is 9.59 Å². The molecule has 1 amide bonds. The molecule has 2 heterocycles. The molecule has 0 atom stereocenters. The molecule has 0 spiro atoms. The van der Waals surface area contributed by atoms with E-state index in [2.05, 4.69) is 5.32 Å². The number of aryl methyl sites for hydroxylation is 1. The van der Waals surface area contributed by atoms with Gasteiger partial charge in [0.2, 0.25) is 0 Å². The summed E-state index contributed by atoms with van der Waals surface area (Å²) in [4.78, 5) is 24.9. The van der Waals surface area contributed by atoms with Crippen molar-refractivity contribution in [2.75, 3.05) is 11.9 Å². The molecule has 1 N–H and O–H groups in total. The summed E-state index contributed by atoms with van der Waals surface area (Å²) in [7, 11) is 0. The summed E-state index contributed by atoms with van der Waals surface area (Å²) in [6, 6.07) is 10.9. The molecule has 130 valence electrons. The summed E-state index contributed by atoms with van der Waals surface area (Å²) in [5, 5.41) is 4.04. The Morgan fingerprint density at radius 2 is 2.00 bits per heavy atom. The second-order valence-electron chi connectivity index (χ2n) is 5.66. The molecular formula is C19H19NO4S. The Hall–Kier alpha value is -2.60. The SMILES string of the molecule is CCCCOC(=O)c1c(NC(=O)c2ccc(C)o2)sc2ccccc12. The van der Waals surface area contributed by atoms with Gasteiger partial charge in [-0.3, -0.25) is 4.79 Å². The fourth-order valence-corrected chi connectivity index (χ4v) is 3.52. The third-order valence-electron chi connectivity index (χ3n) is 3.72. The highest BCUT2D eigenvalue weighted by Crippen LogP contribution is 2.36. The number of carbonyl (C=O) groups is 2. The fraction of sp³-hybridized carbons (Fsp3) is 0.263. The van der Waals surface area contributed by atoms with E-state index in [-0.39, 0.29) is 11.7 Å². The van der Waals surface area contributed by atoms with Crippen molar-refractivity contribution in [2.24, 2.45) is 0 Å². The van der Waals surface area contributed by atoms with Crippen molar-refractivity contribution in [3.8, 4) is 0 Å². The molecule has 0 aliphatic rings. The van der Waals surface area contributed by atoms with E-state index in [1.807, 2.05) is 31.2 Å². The second-order valence-corrected chi connectivity index (χ2v) is 6.71. The molecule has 25 heavy (non-hydrogen) atoms. The van der Waals surface area contributed by atoms with E-state index in [1.165, 1.54) is 11.3 Å². The van der Waals surface area contributed by atoms with E-state index in [4.69, 9.17) is 9.15 Å². The predicted octanol–water partition coefficient (Wildman–Crippen LogP) is 5.01. The molecule has 0 aliphatic heterocycles. The first-order valence-corrected chi connectivity index (χ1v) is 8.98. The Morgan fingerprint density at radius 3 is 2.72 bits per heavy atom. The third kappa shape index (κ3) is 3.74. The van der Waals surface area contributed by atoms with Crippen LogP contribution in [0.15, 0.2) is 40.8 Å². The summed E-state index contributed by atoms with van der Waals surface area (Å²) in [5.41, 5.74) is 0.397. The van der Waals surface area contributed by atoms with Crippen LogP contribution < -0.4 is 5.32 Å². The first kappa shape index (κ1) is 17.2. The summed E-state index contributed by atoms with van der Waals surface area (Å²) < 4.78 is 11.6. The van der Waals surface area contributed by atoms with Gasteiger partial charge >= 0.3 is 5.97 Å². The largest absolute Gasteiger partial charge is 0.462 e. The van der Waals surface area contributed by atoms with Crippen molar-refractivity contribution >= 4 is 38.3 Å². The third-order valence-corrected chi connectivity index (χ3v) is 4.81. The van der Waals surface area contributed by atoms with Crippen molar-refractivity contribution in [3.05, 3.63) is 53.5 Å². The van der Waals surface area contributed by atoms with E-state index in [1.54, 1.807) is 19.1 Å². The number of fused-ring (bicyclic) bond motifs is 1. The number of furan rings is 1. The second kappa shape index (κ2) is 7.53. The normalized spacial score (nSPS) is 10.8. The van der Waals surface area contributed by atoms with E-state index >= 15 is 0 Å². The maximum Gasteiger partial charge on any atom is 0.341 e. The average molecular weight is 357 g/mol. The molecular weight excluding hydrogens is 338 g/mol. The van der Waals surface area contributed by atoms with E-state index < -0.39 is 5.97 Å². The van der Waals surface area contributed by atoms with Crippen LogP contribution in [0.3, 0.4) is 0 Å². The first-order valence-electron chi connectivity index (χ1n) is 8.16. The van der Waals surface area contributed by atoms with Crippen LogP contribution in [-0.4, -0.2) is 18.5 Å². The number of hydrogen-bond donors (Lipinski definition) is 1. The van der Waals surface area contributed by atoms with Gasteiger partial charge in [0.15, 0.2) is 5.76 Å². The minimum absolute atomic E-state index is 0.209. The lowest BCUT2D eigenvalue weighted by molar-refractivity contribution is 0.0503. The fourth-order valence-electron chi connectivity index (χ4n) is 2.44. The molecule has 5 nitrogen and oxygen atoms in total. The van der Waals surface area contributed by atoms with Gasteiger partial charge in [-0.25, -0.2) is 4.79 Å². The Labute approximate surface area is 149 Å². The topological polar surface area (TPSA) is 68.5 Å². The zero-order valence-corrected chi connectivity index (χ0v) is 14.9. The van der Waals surface area contributed by atoms with Gasteiger partial charge in [-0.15, -0.1) is 11.3 Å². The number of unbranched alkanes of at least 4 members (excludes halogenated alkanes) is 1. The number of esters is 1. The number of ether oxygens (including phenoxy) is 1. The summed E-state index contributed by atoms with van der Waals surface area (Å²) in [6.45, 7) is 4.17. The van der Waals surface area contributed by atoms with Gasteiger partial charge in [-0.2, -0.15) is 0 Å². The highest BCUT2D eigenvalue weighted by molar-refractivity contribution is 7.23. The molecule has 0 fully saturated rings. The van der Waals surface area contributed by atoms with Crippen LogP contribution in [0.1, 0.15) is 46.4 Å². The molecule has 0 aliphatic carbocycles. The molecule has 3 aromatic rings. The van der Waals surface area contributed by atoms with Crippen molar-refractivity contribution in [2.45, 2.75) is 26.7 Å². The number of hydrogen-bond acceptors (Lipinski definition) is 5. The molecule has 0 saturated carbocycles. The van der Waals surface area contributed by atoms with Crippen LogP contribution in [0.2, 0.25) is 0 Å². The standard InChI is InChI=1S/C19H19NO4S/c1-3-4-11-23-19(22)16-13-7-5-6-8-15(13)25-18(16)20-17(21)14-10-9-12(2)24-14/h5-10H,3-4,11H2,1-2H3,(H,20,21). The number of nitrogens with one attached hydrogen (secondary N) is 1. The smallest absolute Gasteiger partial charge is 0.341 e. The zero-order chi connectivity index (χ0) is 17.8. The molecule has 0 bridgehead atoms. The van der Waals surface area contributed by atoms with Gasteiger partial charge in [0.25, 0.3) is 5.91 Å². The quantitative estimate of drug-likeness (QED) is 0.497. The van der Waals surface area contributed by atoms with Gasteiger partial charge < -0.3 is 14.5 Å². The lowest BCUT2D eigenvalue weighted by Crippen LogP contribution is -2.14. The lowest BCUT2D eigenvalue weighted by Gasteiger charge is -2.06. The number of rotatable bonds is 6. The molecule has 0 radical (unpaired) electrons. The van der Waals surface area contributed by atoms with Gasteiger partial charge in [-0.1, -0.05) is 31.5 Å². The zero-order valence-electron chi connectivity index (χ0n) is 14.1. The molecule has 6 heteroatoms. The summed E-state index contributed by atoms with van der Waals surface area (Å²) >= 11 is 1.35. The van der Waals surface area contributed by atoms with Gasteiger partial charge in [0.1, 0.15) is 16.3 Å². The predicted molar refractivity (Wildman–Crippen MR) is 98.4 cm³/mol. The van der Waals surface area contributed by atoms with Crippen LogP contribution >= 0.6 is 11.3 Å². The molecule has 0 saturated heterocycles. The van der Waals surface area contributed by atoms with Crippen LogP contribution in [0.5, 0.6) is 0 Å². The van der Waals surface area contributed by atoms with Crippen molar-refractivity contribution < 1.29 is 18.7 Å². The van der Waals surface area contributed by atoms with Crippen LogP contribution in [0.4, 0.5) is 5.00 Å². The van der Waals surface area contributed by atoms with E-state index in [0.29, 0.717) is 22.9 Å².